The number of hydrogen-bond donors (Lipinski definition) is 2. The Hall–Kier alpha value is -1.51. The molecule has 0 saturated carbocycles. The maximum atomic E-state index is 13.8. The summed E-state index contributed by atoms with van der Waals surface area (Å²) in [6.45, 7) is -0.163. The van der Waals surface area contributed by atoms with Crippen LogP contribution in [0.5, 0.6) is 0 Å². The molecule has 0 amide bonds. The highest BCUT2D eigenvalue weighted by Gasteiger charge is 2.36. The first-order valence-corrected chi connectivity index (χ1v) is 7.47. The zero-order chi connectivity index (χ0) is 14.9. The number of nitrogens with zero attached hydrogens (tertiary/aromatic N) is 1. The Morgan fingerprint density at radius 3 is 2.75 bits per heavy atom. The highest BCUT2D eigenvalue weighted by Crippen LogP contribution is 2.27. The molecule has 2 N–H and O–H groups in total. The van der Waals surface area contributed by atoms with Gasteiger partial charge >= 0.3 is 5.97 Å². The molecule has 1 aromatic rings. The summed E-state index contributed by atoms with van der Waals surface area (Å²) in [6, 6.07) is 2.04. The molecule has 110 valence electrons. The lowest BCUT2D eigenvalue weighted by atomic mass is 10.2. The van der Waals surface area contributed by atoms with Gasteiger partial charge in [-0.1, -0.05) is 0 Å². The molecule has 2 rings (SSSR count). The Morgan fingerprint density at radius 1 is 1.45 bits per heavy atom. The molecule has 1 heterocycles. The second-order valence-electron chi connectivity index (χ2n) is 4.54. The molecular formula is C12H14FNO5S. The zero-order valence-electron chi connectivity index (χ0n) is 10.5. The average molecular weight is 303 g/mol. The van der Waals surface area contributed by atoms with E-state index in [-0.39, 0.29) is 18.7 Å². The van der Waals surface area contributed by atoms with Crippen LogP contribution in [0.25, 0.3) is 0 Å². The van der Waals surface area contributed by atoms with E-state index in [2.05, 4.69) is 0 Å². The van der Waals surface area contributed by atoms with Crippen LogP contribution in [0, 0.1) is 5.82 Å². The number of benzene rings is 1. The van der Waals surface area contributed by atoms with Crippen molar-refractivity contribution in [3.8, 4) is 0 Å². The van der Waals surface area contributed by atoms with Gasteiger partial charge in [0.1, 0.15) is 10.7 Å². The monoisotopic (exact) mass is 303 g/mol. The van der Waals surface area contributed by atoms with Gasteiger partial charge in [-0.3, -0.25) is 0 Å². The van der Waals surface area contributed by atoms with Gasteiger partial charge in [-0.25, -0.2) is 17.6 Å². The van der Waals surface area contributed by atoms with Crippen molar-refractivity contribution in [2.75, 3.05) is 13.2 Å². The molecule has 1 aliphatic rings. The molecule has 0 unspecified atom stereocenters. The maximum Gasteiger partial charge on any atom is 0.335 e. The van der Waals surface area contributed by atoms with Crippen LogP contribution in [-0.4, -0.2) is 48.1 Å². The summed E-state index contributed by atoms with van der Waals surface area (Å²) < 4.78 is 39.5. The van der Waals surface area contributed by atoms with Gasteiger partial charge in [-0.05, 0) is 31.0 Å². The van der Waals surface area contributed by atoms with E-state index in [4.69, 9.17) is 10.2 Å². The van der Waals surface area contributed by atoms with E-state index in [0.717, 1.165) is 22.5 Å². The van der Waals surface area contributed by atoms with Crippen molar-refractivity contribution in [2.45, 2.75) is 23.8 Å². The number of carboxylic acid groups (broad SMARTS) is 1. The topological polar surface area (TPSA) is 94.9 Å². The highest BCUT2D eigenvalue weighted by molar-refractivity contribution is 7.89. The van der Waals surface area contributed by atoms with Gasteiger partial charge in [0.25, 0.3) is 0 Å². The number of carbonyl (C=O) groups is 1. The van der Waals surface area contributed by atoms with E-state index in [1.54, 1.807) is 0 Å². The fourth-order valence-corrected chi connectivity index (χ4v) is 4.05. The standard InChI is InChI=1S/C12H14FNO5S/c13-10-4-3-8(12(16)17)6-11(10)20(18,19)14-5-1-2-9(14)7-15/h3-4,6,9,15H,1-2,5,7H2,(H,16,17)/t9-/m1/s1. The van der Waals surface area contributed by atoms with Crippen molar-refractivity contribution in [3.63, 3.8) is 0 Å². The van der Waals surface area contributed by atoms with Crippen molar-refractivity contribution < 1.29 is 27.8 Å². The second-order valence-corrected chi connectivity index (χ2v) is 6.40. The molecule has 0 aliphatic carbocycles. The van der Waals surface area contributed by atoms with Gasteiger partial charge in [-0.2, -0.15) is 4.31 Å². The van der Waals surface area contributed by atoms with Crippen LogP contribution in [-0.2, 0) is 10.0 Å². The second kappa shape index (κ2) is 5.47. The number of rotatable bonds is 4. The molecular weight excluding hydrogens is 289 g/mol. The summed E-state index contributed by atoms with van der Waals surface area (Å²) in [5.74, 6) is -2.33. The van der Waals surface area contributed by atoms with Crippen LogP contribution in [0.2, 0.25) is 0 Å². The van der Waals surface area contributed by atoms with E-state index < -0.39 is 32.7 Å². The van der Waals surface area contributed by atoms with Gasteiger partial charge < -0.3 is 10.2 Å². The molecule has 6 nitrogen and oxygen atoms in total. The lowest BCUT2D eigenvalue weighted by Gasteiger charge is -2.22. The number of sulfonamides is 1. The minimum Gasteiger partial charge on any atom is -0.478 e. The summed E-state index contributed by atoms with van der Waals surface area (Å²) in [6.07, 6.45) is 1.07. The molecule has 1 aromatic carbocycles. The largest absolute Gasteiger partial charge is 0.478 e. The van der Waals surface area contributed by atoms with Gasteiger partial charge in [0.2, 0.25) is 10.0 Å². The van der Waals surface area contributed by atoms with Gasteiger partial charge in [0.15, 0.2) is 0 Å². The van der Waals surface area contributed by atoms with E-state index in [9.17, 15) is 17.6 Å². The Kier molecular flexibility index (Phi) is 4.07. The smallest absolute Gasteiger partial charge is 0.335 e. The van der Waals surface area contributed by atoms with Crippen molar-refractivity contribution in [1.29, 1.82) is 0 Å². The molecule has 1 saturated heterocycles. The van der Waals surface area contributed by atoms with Crippen LogP contribution >= 0.6 is 0 Å². The Labute approximate surface area is 115 Å². The Morgan fingerprint density at radius 2 is 2.15 bits per heavy atom. The van der Waals surface area contributed by atoms with Crippen LogP contribution < -0.4 is 0 Å². The lowest BCUT2D eigenvalue weighted by molar-refractivity contribution is 0.0696. The zero-order valence-corrected chi connectivity index (χ0v) is 11.3. The number of aliphatic hydroxyl groups excluding tert-OH is 1. The lowest BCUT2D eigenvalue weighted by Crippen LogP contribution is -2.38. The molecule has 0 spiro atoms. The van der Waals surface area contributed by atoms with Crippen molar-refractivity contribution in [1.82, 2.24) is 4.31 Å². The Balaban J connectivity index is 2.48. The van der Waals surface area contributed by atoms with E-state index in [1.807, 2.05) is 0 Å². The van der Waals surface area contributed by atoms with Gasteiger partial charge in [0.05, 0.1) is 12.2 Å². The quantitative estimate of drug-likeness (QED) is 0.852. The minimum absolute atomic E-state index is 0.185. The summed E-state index contributed by atoms with van der Waals surface area (Å²) in [5.41, 5.74) is -0.301. The first kappa shape index (κ1) is 14.9. The predicted molar refractivity (Wildman–Crippen MR) is 67.4 cm³/mol. The summed E-state index contributed by atoms with van der Waals surface area (Å²) in [7, 11) is -4.15. The molecule has 1 aliphatic heterocycles. The van der Waals surface area contributed by atoms with E-state index >= 15 is 0 Å². The minimum atomic E-state index is -4.15. The number of carboxylic acids is 1. The average Bonchev–Trinajstić information content (AvgIpc) is 2.87. The first-order chi connectivity index (χ1) is 9.37. The molecule has 0 bridgehead atoms. The molecule has 20 heavy (non-hydrogen) atoms. The number of halogens is 1. The van der Waals surface area contributed by atoms with Crippen molar-refractivity contribution in [2.24, 2.45) is 0 Å². The van der Waals surface area contributed by atoms with Crippen LogP contribution in [0.3, 0.4) is 0 Å². The normalized spacial score (nSPS) is 20.2. The summed E-state index contributed by atoms with van der Waals surface area (Å²) >= 11 is 0. The number of hydrogen-bond acceptors (Lipinski definition) is 4. The van der Waals surface area contributed by atoms with Crippen molar-refractivity contribution in [3.05, 3.63) is 29.6 Å². The maximum absolute atomic E-state index is 13.8. The number of aromatic carboxylic acids is 1. The van der Waals surface area contributed by atoms with Crippen LogP contribution in [0.1, 0.15) is 23.2 Å². The molecule has 1 fully saturated rings. The fraction of sp³-hybridized carbons (Fsp3) is 0.417. The number of aliphatic hydroxyl groups is 1. The Bertz CT molecular complexity index is 631. The first-order valence-electron chi connectivity index (χ1n) is 6.03. The predicted octanol–water partition coefficient (Wildman–Crippen LogP) is 0.669. The van der Waals surface area contributed by atoms with E-state index in [0.29, 0.717) is 12.8 Å². The summed E-state index contributed by atoms with van der Waals surface area (Å²) in [5, 5.41) is 18.0. The third-order valence-electron chi connectivity index (χ3n) is 3.30. The van der Waals surface area contributed by atoms with Crippen molar-refractivity contribution >= 4 is 16.0 Å². The third kappa shape index (κ3) is 2.54. The van der Waals surface area contributed by atoms with Crippen LogP contribution in [0.4, 0.5) is 4.39 Å². The third-order valence-corrected chi connectivity index (χ3v) is 5.27. The fourth-order valence-electron chi connectivity index (χ4n) is 2.27. The molecule has 1 atom stereocenters. The SMILES string of the molecule is O=C(O)c1ccc(F)c(S(=O)(=O)N2CCC[C@@H]2CO)c1. The van der Waals surface area contributed by atoms with Gasteiger partial charge in [-0.15, -0.1) is 0 Å². The van der Waals surface area contributed by atoms with E-state index in [1.165, 1.54) is 0 Å². The molecule has 0 radical (unpaired) electrons. The highest BCUT2D eigenvalue weighted by atomic mass is 32.2. The molecule has 0 aromatic heterocycles. The van der Waals surface area contributed by atoms with Gasteiger partial charge in [0, 0.05) is 12.6 Å². The molecule has 8 heteroatoms. The summed E-state index contributed by atoms with van der Waals surface area (Å²) in [4.78, 5) is 10.2. The van der Waals surface area contributed by atoms with Crippen LogP contribution in [0.15, 0.2) is 23.1 Å².